The van der Waals surface area contributed by atoms with Gasteiger partial charge in [0.2, 0.25) is 5.55 Å². The van der Waals surface area contributed by atoms with Crippen LogP contribution in [-0.2, 0) is 10.0 Å². The normalized spacial score (nSPS) is 13.7. The third-order valence-electron chi connectivity index (χ3n) is 4.34. The van der Waals surface area contributed by atoms with E-state index in [0.717, 1.165) is 6.07 Å². The van der Waals surface area contributed by atoms with Gasteiger partial charge in [-0.2, -0.15) is 0 Å². The van der Waals surface area contributed by atoms with Crippen LogP contribution in [0.3, 0.4) is 0 Å². The Bertz CT molecular complexity index is 1350. The van der Waals surface area contributed by atoms with Crippen molar-refractivity contribution >= 4 is 59.1 Å². The van der Waals surface area contributed by atoms with E-state index in [4.69, 9.17) is 10.2 Å². The molecule has 7 nitrogen and oxygen atoms in total. The first kappa shape index (κ1) is 20.8. The maximum absolute atomic E-state index is 14.4. The number of nitrogens with one attached hydrogen (secondary N) is 1. The van der Waals surface area contributed by atoms with E-state index >= 15 is 0 Å². The summed E-state index contributed by atoms with van der Waals surface area (Å²) in [5.41, 5.74) is 7.43. The molecule has 0 unspecified atom stereocenters. The molecule has 0 saturated carbocycles. The summed E-state index contributed by atoms with van der Waals surface area (Å²) < 4.78 is 60.3. The Kier molecular flexibility index (Phi) is 5.32. The van der Waals surface area contributed by atoms with Crippen molar-refractivity contribution in [2.75, 3.05) is 16.3 Å². The standard InChI is InChI=1S/C18H12Br2F2N4O3S/c19-12-7-13(21)14(20)16(15(12)22)30(27,28)25-9-1-3-10(4-2-9)26-8-24-18-11(17(26)23)5-6-29-18/h1-7,25H,8,23H2. The number of halogens is 4. The molecule has 4 rings (SSSR count). The molecule has 0 bridgehead atoms. The quantitative estimate of drug-likeness (QED) is 0.477. The van der Waals surface area contributed by atoms with Crippen LogP contribution in [0.15, 0.2) is 65.9 Å². The second-order valence-electron chi connectivity index (χ2n) is 6.20. The van der Waals surface area contributed by atoms with Crippen molar-refractivity contribution in [2.45, 2.75) is 4.90 Å². The van der Waals surface area contributed by atoms with Crippen molar-refractivity contribution in [3.63, 3.8) is 0 Å². The molecule has 1 aromatic heterocycles. The molecule has 0 fully saturated rings. The molecule has 3 N–H and O–H groups in total. The highest BCUT2D eigenvalue weighted by molar-refractivity contribution is 9.11. The zero-order valence-electron chi connectivity index (χ0n) is 14.9. The molecule has 0 aliphatic carbocycles. The molecule has 2 aromatic carbocycles. The Labute approximate surface area is 186 Å². The molecule has 3 aromatic rings. The van der Waals surface area contributed by atoms with E-state index in [1.54, 1.807) is 23.1 Å². The van der Waals surface area contributed by atoms with E-state index in [9.17, 15) is 17.2 Å². The van der Waals surface area contributed by atoms with Crippen molar-refractivity contribution < 1.29 is 21.6 Å². The van der Waals surface area contributed by atoms with Gasteiger partial charge in [0.25, 0.3) is 10.0 Å². The lowest BCUT2D eigenvalue weighted by molar-refractivity contribution is 0.500. The minimum atomic E-state index is -4.42. The van der Waals surface area contributed by atoms with E-state index in [-0.39, 0.29) is 16.8 Å². The van der Waals surface area contributed by atoms with Crippen LogP contribution in [0.1, 0.15) is 0 Å². The minimum Gasteiger partial charge on any atom is -0.446 e. The fraction of sp³-hybridized carbons (Fsp3) is 0.0556. The lowest BCUT2D eigenvalue weighted by Gasteiger charge is -2.24. The number of hydrogen-bond donors (Lipinski definition) is 2. The molecule has 1 aliphatic heterocycles. The first-order valence-corrected chi connectivity index (χ1v) is 11.4. The molecule has 156 valence electrons. The molecule has 0 saturated heterocycles. The van der Waals surface area contributed by atoms with E-state index in [1.807, 2.05) is 0 Å². The highest BCUT2D eigenvalue weighted by atomic mass is 79.9. The van der Waals surface area contributed by atoms with Gasteiger partial charge in [0, 0.05) is 11.4 Å². The van der Waals surface area contributed by atoms with Crippen LogP contribution in [-0.4, -0.2) is 15.1 Å². The SMILES string of the molecule is NC1=c2ccoc2=NCN1c1ccc(NS(=O)(=O)c2c(F)c(Br)cc(F)c2Br)cc1. The Morgan fingerprint density at radius 2 is 1.87 bits per heavy atom. The summed E-state index contributed by atoms with van der Waals surface area (Å²) >= 11 is 5.61. The molecule has 2 heterocycles. The van der Waals surface area contributed by atoms with Gasteiger partial charge in [0.15, 0.2) is 5.82 Å². The number of nitrogens with two attached hydrogens (primary N) is 1. The van der Waals surface area contributed by atoms with Crippen LogP contribution in [0, 0.1) is 11.6 Å². The fourth-order valence-electron chi connectivity index (χ4n) is 2.90. The highest BCUT2D eigenvalue weighted by Crippen LogP contribution is 2.34. The van der Waals surface area contributed by atoms with Crippen LogP contribution in [0.4, 0.5) is 20.2 Å². The monoisotopic (exact) mass is 560 g/mol. The first-order valence-electron chi connectivity index (χ1n) is 8.30. The Morgan fingerprint density at radius 1 is 1.17 bits per heavy atom. The minimum absolute atomic E-state index is 0.155. The Hall–Kier alpha value is -2.44. The van der Waals surface area contributed by atoms with Crippen molar-refractivity contribution in [2.24, 2.45) is 10.7 Å². The van der Waals surface area contributed by atoms with E-state index in [0.29, 0.717) is 22.3 Å². The van der Waals surface area contributed by atoms with Gasteiger partial charge in [-0.1, -0.05) is 0 Å². The van der Waals surface area contributed by atoms with E-state index in [2.05, 4.69) is 41.6 Å². The maximum Gasteiger partial charge on any atom is 0.266 e. The molecule has 0 radical (unpaired) electrons. The average molecular weight is 562 g/mol. The van der Waals surface area contributed by atoms with Gasteiger partial charge in [-0.15, -0.1) is 0 Å². The lowest BCUT2D eigenvalue weighted by Crippen LogP contribution is -2.42. The van der Waals surface area contributed by atoms with Crippen LogP contribution in [0.5, 0.6) is 0 Å². The van der Waals surface area contributed by atoms with Crippen LogP contribution in [0.25, 0.3) is 5.82 Å². The Morgan fingerprint density at radius 3 is 2.57 bits per heavy atom. The number of fused-ring (bicyclic) bond motifs is 1. The summed E-state index contributed by atoms with van der Waals surface area (Å²) in [6.07, 6.45) is 1.49. The largest absolute Gasteiger partial charge is 0.446 e. The molecule has 12 heteroatoms. The van der Waals surface area contributed by atoms with E-state index in [1.165, 1.54) is 18.4 Å². The lowest BCUT2D eigenvalue weighted by atomic mass is 10.2. The number of hydrogen-bond acceptors (Lipinski definition) is 6. The second-order valence-corrected chi connectivity index (χ2v) is 9.47. The van der Waals surface area contributed by atoms with Gasteiger partial charge in [-0.3, -0.25) is 4.72 Å². The van der Waals surface area contributed by atoms with Crippen LogP contribution < -0.4 is 26.1 Å². The molecule has 1 aliphatic rings. The number of benzene rings is 2. The highest BCUT2D eigenvalue weighted by Gasteiger charge is 2.27. The molecule has 30 heavy (non-hydrogen) atoms. The third kappa shape index (κ3) is 3.59. The first-order chi connectivity index (χ1) is 14.2. The molecule has 0 atom stereocenters. The topological polar surface area (TPSA) is 101 Å². The zero-order valence-corrected chi connectivity index (χ0v) is 18.9. The fourth-order valence-corrected chi connectivity index (χ4v) is 5.58. The summed E-state index contributed by atoms with van der Waals surface area (Å²) in [6.45, 7) is 0.229. The van der Waals surface area contributed by atoms with Crippen molar-refractivity contribution in [1.82, 2.24) is 0 Å². The second kappa shape index (κ2) is 7.67. The molecule has 0 spiro atoms. The molecular weight excluding hydrogens is 550 g/mol. The summed E-state index contributed by atoms with van der Waals surface area (Å²) in [7, 11) is -4.42. The number of rotatable bonds is 4. The number of furan rings is 1. The van der Waals surface area contributed by atoms with Gasteiger partial charge >= 0.3 is 0 Å². The molecular formula is C18H12Br2F2N4O3S. The zero-order chi connectivity index (χ0) is 21.6. The summed E-state index contributed by atoms with van der Waals surface area (Å²) in [6, 6.07) is 8.74. The number of nitrogens with zero attached hydrogens (tertiary/aromatic N) is 2. The molecule has 0 amide bonds. The third-order valence-corrected chi connectivity index (χ3v) is 7.38. The van der Waals surface area contributed by atoms with Gasteiger partial charge in [0.1, 0.15) is 23.2 Å². The van der Waals surface area contributed by atoms with Crippen LogP contribution in [0.2, 0.25) is 0 Å². The maximum atomic E-state index is 14.4. The van der Waals surface area contributed by atoms with Gasteiger partial charge in [0.05, 0.1) is 20.4 Å². The average Bonchev–Trinajstić information content (AvgIpc) is 3.17. The summed E-state index contributed by atoms with van der Waals surface area (Å²) in [5, 5.41) is 0.656. The smallest absolute Gasteiger partial charge is 0.266 e. The number of anilines is 2. The Balaban J connectivity index is 1.64. The predicted molar refractivity (Wildman–Crippen MR) is 113 cm³/mol. The van der Waals surface area contributed by atoms with Crippen LogP contribution >= 0.6 is 31.9 Å². The predicted octanol–water partition coefficient (Wildman–Crippen LogP) is 3.01. The van der Waals surface area contributed by atoms with E-state index < -0.39 is 31.0 Å². The van der Waals surface area contributed by atoms with Crippen molar-refractivity contribution in [1.29, 1.82) is 0 Å². The van der Waals surface area contributed by atoms with Gasteiger partial charge in [-0.25, -0.2) is 22.2 Å². The summed E-state index contributed by atoms with van der Waals surface area (Å²) in [5.74, 6) is -1.59. The van der Waals surface area contributed by atoms with Gasteiger partial charge in [-0.05, 0) is 68.3 Å². The van der Waals surface area contributed by atoms with Crippen molar-refractivity contribution in [3.8, 4) is 0 Å². The summed E-state index contributed by atoms with van der Waals surface area (Å²) in [4.78, 5) is 5.16. The van der Waals surface area contributed by atoms with Gasteiger partial charge < -0.3 is 15.1 Å². The van der Waals surface area contributed by atoms with Crippen molar-refractivity contribution in [3.05, 3.63) is 74.0 Å². The number of sulfonamides is 1.